The number of nitrogens with one attached hydrogen (secondary N) is 1. The van der Waals surface area contributed by atoms with Crippen LogP contribution in [-0.2, 0) is 0 Å². The van der Waals surface area contributed by atoms with E-state index in [9.17, 15) is 4.79 Å². The Morgan fingerprint density at radius 3 is 2.97 bits per heavy atom. The van der Waals surface area contributed by atoms with Crippen LogP contribution in [0.15, 0.2) is 46.9 Å². The molecule has 0 bridgehead atoms. The zero-order chi connectivity index (χ0) is 21.9. The van der Waals surface area contributed by atoms with E-state index in [0.717, 1.165) is 18.4 Å². The number of benzene rings is 2. The van der Waals surface area contributed by atoms with Gasteiger partial charge in [-0.2, -0.15) is 0 Å². The van der Waals surface area contributed by atoms with Crippen molar-refractivity contribution in [1.82, 2.24) is 15.1 Å². The molecule has 32 heavy (non-hydrogen) atoms. The molecule has 2 amide bonds. The minimum absolute atomic E-state index is 0.0214. The third-order valence-electron chi connectivity index (χ3n) is 5.55. The second-order valence-electron chi connectivity index (χ2n) is 7.66. The average Bonchev–Trinajstić information content (AvgIpc) is 3.50. The Kier molecular flexibility index (Phi) is 5.53. The van der Waals surface area contributed by atoms with Crippen molar-refractivity contribution in [3.8, 4) is 28.7 Å². The molecule has 3 heterocycles. The van der Waals surface area contributed by atoms with Crippen LogP contribution in [0.4, 0.5) is 10.5 Å². The molecule has 0 aliphatic carbocycles. The lowest BCUT2D eigenvalue weighted by molar-refractivity contribution is 0.174. The molecule has 9 nitrogen and oxygen atoms in total. The van der Waals surface area contributed by atoms with E-state index in [4.69, 9.17) is 18.6 Å². The number of hydrogen-bond donors (Lipinski definition) is 1. The number of carbonyl (C=O) groups is 1. The number of anilines is 1. The van der Waals surface area contributed by atoms with Crippen LogP contribution in [0.3, 0.4) is 0 Å². The summed E-state index contributed by atoms with van der Waals surface area (Å²) in [5, 5.41) is 11.4. The second-order valence-corrected chi connectivity index (χ2v) is 7.66. The summed E-state index contributed by atoms with van der Waals surface area (Å²) in [7, 11) is 0. The van der Waals surface area contributed by atoms with Crippen LogP contribution in [0.1, 0.15) is 31.6 Å². The number of para-hydroxylation sites is 2. The van der Waals surface area contributed by atoms with Gasteiger partial charge in [-0.1, -0.05) is 12.1 Å². The zero-order valence-electron chi connectivity index (χ0n) is 17.7. The molecule has 9 heteroatoms. The lowest BCUT2D eigenvalue weighted by atomic mass is 9.98. The van der Waals surface area contributed by atoms with Gasteiger partial charge < -0.3 is 28.8 Å². The van der Waals surface area contributed by atoms with Crippen molar-refractivity contribution >= 4 is 11.7 Å². The highest BCUT2D eigenvalue weighted by Gasteiger charge is 2.29. The van der Waals surface area contributed by atoms with Gasteiger partial charge in [0.25, 0.3) is 0 Å². The third kappa shape index (κ3) is 4.05. The van der Waals surface area contributed by atoms with Crippen molar-refractivity contribution in [2.24, 2.45) is 0 Å². The van der Waals surface area contributed by atoms with E-state index in [1.54, 1.807) is 4.90 Å². The fourth-order valence-corrected chi connectivity index (χ4v) is 3.95. The van der Waals surface area contributed by atoms with Gasteiger partial charge in [0.05, 0.1) is 18.2 Å². The molecule has 0 radical (unpaired) electrons. The van der Waals surface area contributed by atoms with Crippen molar-refractivity contribution in [2.45, 2.75) is 25.7 Å². The maximum Gasteiger partial charge on any atom is 0.321 e. The number of hydrogen-bond acceptors (Lipinski definition) is 7. The van der Waals surface area contributed by atoms with Gasteiger partial charge >= 0.3 is 6.03 Å². The van der Waals surface area contributed by atoms with Crippen molar-refractivity contribution in [3.63, 3.8) is 0 Å². The summed E-state index contributed by atoms with van der Waals surface area (Å²) in [5.74, 6) is 2.95. The Bertz CT molecular complexity index is 1120. The van der Waals surface area contributed by atoms with Crippen LogP contribution in [0.2, 0.25) is 0 Å². The number of piperidine rings is 1. The quantitative estimate of drug-likeness (QED) is 0.637. The van der Waals surface area contributed by atoms with Crippen LogP contribution < -0.4 is 19.5 Å². The molecular weight excluding hydrogens is 412 g/mol. The van der Waals surface area contributed by atoms with E-state index in [-0.39, 0.29) is 18.7 Å². The summed E-state index contributed by atoms with van der Waals surface area (Å²) in [4.78, 5) is 14.7. The van der Waals surface area contributed by atoms with E-state index in [0.29, 0.717) is 54.4 Å². The number of likely N-dealkylation sites (tertiary alicyclic amines) is 1. The molecule has 1 aromatic heterocycles. The zero-order valence-corrected chi connectivity index (χ0v) is 17.7. The first-order valence-corrected chi connectivity index (χ1v) is 10.7. The Hall–Kier alpha value is -3.75. The SMILES string of the molecule is CCOc1ccccc1NC(=O)N1CCCC(c2nnc(-c3ccc4c(c3)OCO4)o2)C1. The molecule has 3 aromatic rings. The standard InChI is InChI=1S/C23H24N4O5/c1-2-29-18-8-4-3-7-17(18)24-23(28)27-11-5-6-16(13-27)22-26-25-21(32-22)15-9-10-19-20(12-15)31-14-30-19/h3-4,7-10,12,16H,2,5-6,11,13-14H2,1H3,(H,24,28). The van der Waals surface area contributed by atoms with Gasteiger partial charge in [-0.05, 0) is 50.1 Å². The highest BCUT2D eigenvalue weighted by atomic mass is 16.7. The molecule has 0 saturated carbocycles. The first-order chi connectivity index (χ1) is 15.7. The minimum atomic E-state index is -0.169. The van der Waals surface area contributed by atoms with Crippen LogP contribution in [0, 0.1) is 0 Å². The minimum Gasteiger partial charge on any atom is -0.492 e. The van der Waals surface area contributed by atoms with Crippen molar-refractivity contribution in [3.05, 3.63) is 48.4 Å². The predicted molar refractivity (Wildman–Crippen MR) is 116 cm³/mol. The molecule has 2 aromatic carbocycles. The second kappa shape index (κ2) is 8.78. The molecule has 166 valence electrons. The highest BCUT2D eigenvalue weighted by Crippen LogP contribution is 2.36. The topological polar surface area (TPSA) is 99.0 Å². The largest absolute Gasteiger partial charge is 0.492 e. The highest BCUT2D eigenvalue weighted by molar-refractivity contribution is 5.91. The lowest BCUT2D eigenvalue weighted by Gasteiger charge is -2.31. The summed E-state index contributed by atoms with van der Waals surface area (Å²) in [6, 6.07) is 12.8. The molecule has 1 atom stereocenters. The van der Waals surface area contributed by atoms with Crippen LogP contribution in [-0.4, -0.2) is 47.6 Å². The summed E-state index contributed by atoms with van der Waals surface area (Å²) in [6.07, 6.45) is 1.73. The van der Waals surface area contributed by atoms with E-state index in [2.05, 4.69) is 15.5 Å². The Labute approximate surface area is 185 Å². The van der Waals surface area contributed by atoms with Crippen LogP contribution >= 0.6 is 0 Å². The molecular formula is C23H24N4O5. The molecule has 0 spiro atoms. The number of carbonyl (C=O) groups excluding carboxylic acids is 1. The van der Waals surface area contributed by atoms with E-state index in [1.807, 2.05) is 49.4 Å². The summed E-state index contributed by atoms with van der Waals surface area (Å²) >= 11 is 0. The molecule has 1 fully saturated rings. The summed E-state index contributed by atoms with van der Waals surface area (Å²) in [6.45, 7) is 3.83. The first-order valence-electron chi connectivity index (χ1n) is 10.7. The van der Waals surface area contributed by atoms with Gasteiger partial charge in [0, 0.05) is 18.7 Å². The van der Waals surface area contributed by atoms with Crippen molar-refractivity contribution in [1.29, 1.82) is 0 Å². The van der Waals surface area contributed by atoms with E-state index >= 15 is 0 Å². The van der Waals surface area contributed by atoms with Gasteiger partial charge in [0.15, 0.2) is 11.5 Å². The van der Waals surface area contributed by atoms with Gasteiger partial charge in [0.2, 0.25) is 18.6 Å². The van der Waals surface area contributed by atoms with Gasteiger partial charge in [-0.25, -0.2) is 4.79 Å². The van der Waals surface area contributed by atoms with Crippen LogP contribution in [0.5, 0.6) is 17.2 Å². The summed E-state index contributed by atoms with van der Waals surface area (Å²) in [5.41, 5.74) is 1.43. The number of ether oxygens (including phenoxy) is 3. The molecule has 1 saturated heterocycles. The number of fused-ring (bicyclic) bond motifs is 1. The molecule has 1 unspecified atom stereocenters. The number of urea groups is 1. The predicted octanol–water partition coefficient (Wildman–Crippen LogP) is 4.28. The summed E-state index contributed by atoms with van der Waals surface area (Å²) < 4.78 is 22.3. The molecule has 2 aliphatic heterocycles. The average molecular weight is 436 g/mol. The maximum atomic E-state index is 12.9. The van der Waals surface area contributed by atoms with Crippen molar-refractivity contribution < 1.29 is 23.4 Å². The number of amides is 2. The molecule has 2 aliphatic rings. The lowest BCUT2D eigenvalue weighted by Crippen LogP contribution is -2.41. The van der Waals surface area contributed by atoms with E-state index < -0.39 is 0 Å². The number of rotatable bonds is 5. The van der Waals surface area contributed by atoms with Gasteiger partial charge in [0.1, 0.15) is 5.75 Å². The Balaban J connectivity index is 1.27. The normalized spacial score (nSPS) is 17.3. The number of aromatic nitrogens is 2. The van der Waals surface area contributed by atoms with Gasteiger partial charge in [-0.3, -0.25) is 0 Å². The third-order valence-corrected chi connectivity index (χ3v) is 5.55. The maximum absolute atomic E-state index is 12.9. The Morgan fingerprint density at radius 1 is 1.19 bits per heavy atom. The van der Waals surface area contributed by atoms with Crippen LogP contribution in [0.25, 0.3) is 11.5 Å². The first kappa shape index (κ1) is 20.2. The Morgan fingerprint density at radius 2 is 2.06 bits per heavy atom. The van der Waals surface area contributed by atoms with Crippen molar-refractivity contribution in [2.75, 3.05) is 31.8 Å². The van der Waals surface area contributed by atoms with E-state index in [1.165, 1.54) is 0 Å². The monoisotopic (exact) mass is 436 g/mol. The number of nitrogens with zero attached hydrogens (tertiary/aromatic N) is 3. The van der Waals surface area contributed by atoms with Gasteiger partial charge in [-0.15, -0.1) is 10.2 Å². The molecule has 1 N–H and O–H groups in total. The fraction of sp³-hybridized carbons (Fsp3) is 0.348. The fourth-order valence-electron chi connectivity index (χ4n) is 3.95. The molecule has 5 rings (SSSR count). The smallest absolute Gasteiger partial charge is 0.321 e.